The Morgan fingerprint density at radius 1 is 1.47 bits per heavy atom. The maximum absolute atomic E-state index is 11.6. The second-order valence-corrected chi connectivity index (χ2v) is 4.60. The maximum Gasteiger partial charge on any atom is 0.311 e. The minimum Gasteiger partial charge on any atom is -0.469 e. The molecule has 1 N–H and O–H groups in total. The summed E-state index contributed by atoms with van der Waals surface area (Å²) in [4.78, 5) is 11.6. The van der Waals surface area contributed by atoms with Crippen molar-refractivity contribution in [3.8, 4) is 0 Å². The number of ether oxygens (including phenoxy) is 1. The second-order valence-electron chi connectivity index (χ2n) is 4.60. The van der Waals surface area contributed by atoms with Gasteiger partial charge < -0.3 is 9.84 Å². The van der Waals surface area contributed by atoms with Gasteiger partial charge in [0, 0.05) is 0 Å². The van der Waals surface area contributed by atoms with Crippen LogP contribution < -0.4 is 0 Å². The predicted octanol–water partition coefficient (Wildman–Crippen LogP) is 2.37. The summed E-state index contributed by atoms with van der Waals surface area (Å²) >= 11 is 0. The Kier molecular flexibility index (Phi) is 5.88. The summed E-state index contributed by atoms with van der Waals surface area (Å²) in [5.74, 6) is -0.678. The van der Waals surface area contributed by atoms with E-state index >= 15 is 0 Å². The van der Waals surface area contributed by atoms with E-state index in [1.165, 1.54) is 7.11 Å². The van der Waals surface area contributed by atoms with E-state index in [4.69, 9.17) is 4.74 Å². The van der Waals surface area contributed by atoms with Crippen LogP contribution in [0.4, 0.5) is 0 Å². The predicted molar refractivity (Wildman–Crippen MR) is 60.5 cm³/mol. The van der Waals surface area contributed by atoms with Crippen molar-refractivity contribution in [1.82, 2.24) is 0 Å². The van der Waals surface area contributed by atoms with Crippen LogP contribution in [0.2, 0.25) is 0 Å². The van der Waals surface area contributed by atoms with Crippen LogP contribution in [0.25, 0.3) is 0 Å². The molecule has 90 valence electrons. The zero-order chi connectivity index (χ0) is 12.1. The van der Waals surface area contributed by atoms with E-state index in [2.05, 4.69) is 6.92 Å². The fourth-order valence-corrected chi connectivity index (χ4v) is 1.60. The van der Waals surface area contributed by atoms with Gasteiger partial charge >= 0.3 is 5.97 Å². The molecule has 0 radical (unpaired) electrons. The summed E-state index contributed by atoms with van der Waals surface area (Å²) < 4.78 is 4.75. The number of carbonyl (C=O) groups is 1. The normalized spacial score (nSPS) is 17.3. The third kappa shape index (κ3) is 3.82. The summed E-state index contributed by atoms with van der Waals surface area (Å²) in [7, 11) is 1.37. The molecule has 3 nitrogen and oxygen atoms in total. The highest BCUT2D eigenvalue weighted by Gasteiger charge is 2.39. The van der Waals surface area contributed by atoms with Gasteiger partial charge in [0.15, 0.2) is 0 Å². The van der Waals surface area contributed by atoms with Crippen molar-refractivity contribution in [2.45, 2.75) is 52.6 Å². The van der Waals surface area contributed by atoms with Crippen molar-refractivity contribution in [3.63, 3.8) is 0 Å². The van der Waals surface area contributed by atoms with Crippen molar-refractivity contribution in [2.24, 2.45) is 11.8 Å². The molecule has 2 atom stereocenters. The molecule has 0 saturated heterocycles. The fraction of sp³-hybridized carbons (Fsp3) is 0.917. The zero-order valence-electron chi connectivity index (χ0n) is 10.5. The Morgan fingerprint density at radius 2 is 2.00 bits per heavy atom. The van der Waals surface area contributed by atoms with Gasteiger partial charge in [0.25, 0.3) is 0 Å². The number of methoxy groups -OCH3 is 1. The first-order chi connectivity index (χ1) is 6.87. The molecule has 0 rings (SSSR count). The molecular weight excluding hydrogens is 192 g/mol. The molecule has 0 bridgehead atoms. The lowest BCUT2D eigenvalue weighted by molar-refractivity contribution is -0.158. The summed E-state index contributed by atoms with van der Waals surface area (Å²) in [5.41, 5.74) is -0.984. The Hall–Kier alpha value is -0.570. The Morgan fingerprint density at radius 3 is 2.33 bits per heavy atom. The van der Waals surface area contributed by atoms with E-state index in [-0.39, 0.29) is 11.9 Å². The minimum atomic E-state index is -0.984. The molecule has 3 heteroatoms. The molecule has 0 spiro atoms. The number of unbranched alkanes of at least 4 members (excludes halogenated alkanes) is 1. The molecule has 0 aliphatic carbocycles. The third-order valence-corrected chi connectivity index (χ3v) is 3.21. The van der Waals surface area contributed by atoms with E-state index in [0.29, 0.717) is 6.42 Å². The van der Waals surface area contributed by atoms with Crippen LogP contribution in [-0.4, -0.2) is 23.8 Å². The minimum absolute atomic E-state index is 0.0402. The van der Waals surface area contributed by atoms with Crippen LogP contribution in [0, 0.1) is 11.8 Å². The van der Waals surface area contributed by atoms with Crippen LogP contribution in [0.1, 0.15) is 47.0 Å². The molecule has 0 aliphatic heterocycles. The van der Waals surface area contributed by atoms with E-state index < -0.39 is 11.5 Å². The van der Waals surface area contributed by atoms with Gasteiger partial charge in [0.1, 0.15) is 0 Å². The van der Waals surface area contributed by atoms with Gasteiger partial charge in [-0.25, -0.2) is 0 Å². The first-order valence-electron chi connectivity index (χ1n) is 5.68. The molecule has 2 unspecified atom stereocenters. The average Bonchev–Trinajstić information content (AvgIpc) is 2.17. The monoisotopic (exact) mass is 216 g/mol. The molecule has 0 fully saturated rings. The molecule has 0 aromatic rings. The number of rotatable bonds is 6. The summed E-state index contributed by atoms with van der Waals surface area (Å²) in [6.45, 7) is 7.62. The number of esters is 1. The molecule has 0 saturated carbocycles. The van der Waals surface area contributed by atoms with E-state index in [9.17, 15) is 9.90 Å². The van der Waals surface area contributed by atoms with Crippen molar-refractivity contribution in [2.75, 3.05) is 7.11 Å². The van der Waals surface area contributed by atoms with Crippen LogP contribution in [0.3, 0.4) is 0 Å². The van der Waals surface area contributed by atoms with E-state index in [1.807, 2.05) is 13.8 Å². The van der Waals surface area contributed by atoms with E-state index in [1.54, 1.807) is 6.92 Å². The number of carbonyl (C=O) groups excluding carboxylic acids is 1. The van der Waals surface area contributed by atoms with Gasteiger partial charge in [-0.3, -0.25) is 4.79 Å². The highest BCUT2D eigenvalue weighted by Crippen LogP contribution is 2.30. The van der Waals surface area contributed by atoms with Crippen LogP contribution in [0.15, 0.2) is 0 Å². The van der Waals surface area contributed by atoms with Crippen molar-refractivity contribution < 1.29 is 14.6 Å². The smallest absolute Gasteiger partial charge is 0.311 e. The van der Waals surface area contributed by atoms with Crippen LogP contribution in [-0.2, 0) is 9.53 Å². The Balaban J connectivity index is 4.68. The van der Waals surface area contributed by atoms with Crippen LogP contribution >= 0.6 is 0 Å². The first kappa shape index (κ1) is 14.4. The zero-order valence-corrected chi connectivity index (χ0v) is 10.5. The Labute approximate surface area is 92.8 Å². The Bertz CT molecular complexity index is 197. The lowest BCUT2D eigenvalue weighted by atomic mass is 9.77. The van der Waals surface area contributed by atoms with Gasteiger partial charge in [-0.2, -0.15) is 0 Å². The standard InChI is InChI=1S/C12H24O3/c1-6-7-8-10(11(13)15-5)12(4,14)9(2)3/h9-10,14H,6-8H2,1-5H3. The van der Waals surface area contributed by atoms with Crippen molar-refractivity contribution in [3.05, 3.63) is 0 Å². The molecule has 15 heavy (non-hydrogen) atoms. The number of hydrogen-bond donors (Lipinski definition) is 1. The summed E-state index contributed by atoms with van der Waals surface area (Å²) in [5, 5.41) is 10.3. The number of aliphatic hydroxyl groups is 1. The molecule has 0 heterocycles. The summed E-state index contributed by atoms with van der Waals surface area (Å²) in [6, 6.07) is 0. The van der Waals surface area contributed by atoms with Gasteiger partial charge in [-0.15, -0.1) is 0 Å². The van der Waals surface area contributed by atoms with Crippen LogP contribution in [0.5, 0.6) is 0 Å². The quantitative estimate of drug-likeness (QED) is 0.693. The maximum atomic E-state index is 11.6. The SMILES string of the molecule is CCCCC(C(=O)OC)C(C)(O)C(C)C. The van der Waals surface area contributed by atoms with Gasteiger partial charge in [0.2, 0.25) is 0 Å². The first-order valence-corrected chi connectivity index (χ1v) is 5.68. The molecule has 0 amide bonds. The fourth-order valence-electron chi connectivity index (χ4n) is 1.60. The molecular formula is C12H24O3. The highest BCUT2D eigenvalue weighted by atomic mass is 16.5. The largest absolute Gasteiger partial charge is 0.469 e. The molecule has 0 aliphatic rings. The lowest BCUT2D eigenvalue weighted by Gasteiger charge is -2.34. The third-order valence-electron chi connectivity index (χ3n) is 3.21. The molecule has 0 aromatic carbocycles. The van der Waals surface area contributed by atoms with Gasteiger partial charge in [0.05, 0.1) is 18.6 Å². The summed E-state index contributed by atoms with van der Waals surface area (Å²) in [6.07, 6.45) is 2.64. The second kappa shape index (κ2) is 6.11. The topological polar surface area (TPSA) is 46.5 Å². The number of hydrogen-bond acceptors (Lipinski definition) is 3. The lowest BCUT2D eigenvalue weighted by Crippen LogP contribution is -2.44. The van der Waals surface area contributed by atoms with Gasteiger partial charge in [-0.1, -0.05) is 33.6 Å². The molecule has 0 aromatic heterocycles. The highest BCUT2D eigenvalue weighted by molar-refractivity contribution is 5.73. The average molecular weight is 216 g/mol. The van der Waals surface area contributed by atoms with Crippen molar-refractivity contribution in [1.29, 1.82) is 0 Å². The van der Waals surface area contributed by atoms with Crippen molar-refractivity contribution >= 4 is 5.97 Å². The van der Waals surface area contributed by atoms with E-state index in [0.717, 1.165) is 12.8 Å². The van der Waals surface area contributed by atoms with Gasteiger partial charge in [-0.05, 0) is 19.3 Å².